The SMILES string of the molecule is CC(CC(C)C)=C(C)C(C)C. The van der Waals surface area contributed by atoms with Crippen molar-refractivity contribution in [3.8, 4) is 0 Å². The summed E-state index contributed by atoms with van der Waals surface area (Å²) < 4.78 is 0. The topological polar surface area (TPSA) is 0 Å². The van der Waals surface area contributed by atoms with Crippen molar-refractivity contribution in [2.45, 2.75) is 48.0 Å². The lowest BCUT2D eigenvalue weighted by molar-refractivity contribution is 0.625. The van der Waals surface area contributed by atoms with Gasteiger partial charge in [-0.3, -0.25) is 0 Å². The Balaban J connectivity index is 4.16. The van der Waals surface area contributed by atoms with Crippen molar-refractivity contribution in [3.05, 3.63) is 11.1 Å². The smallest absolute Gasteiger partial charge is 0.0260 e. The minimum atomic E-state index is 0.716. The van der Waals surface area contributed by atoms with E-state index in [2.05, 4.69) is 41.5 Å². The Bertz CT molecular complexity index is 138. The fourth-order valence-electron chi connectivity index (χ4n) is 1.27. The van der Waals surface area contributed by atoms with E-state index in [9.17, 15) is 0 Å². The van der Waals surface area contributed by atoms with Gasteiger partial charge in [0.05, 0.1) is 0 Å². The number of rotatable bonds is 3. The molecule has 0 saturated carbocycles. The Labute approximate surface area is 71.7 Å². The molecule has 0 amide bonds. The van der Waals surface area contributed by atoms with Crippen molar-refractivity contribution in [3.63, 3.8) is 0 Å². The van der Waals surface area contributed by atoms with E-state index in [1.807, 2.05) is 0 Å². The van der Waals surface area contributed by atoms with Gasteiger partial charge in [0.25, 0.3) is 0 Å². The van der Waals surface area contributed by atoms with Gasteiger partial charge in [0.15, 0.2) is 0 Å². The maximum atomic E-state index is 2.27. The van der Waals surface area contributed by atoms with E-state index >= 15 is 0 Å². The van der Waals surface area contributed by atoms with Gasteiger partial charge in [-0.1, -0.05) is 38.8 Å². The molecule has 0 aromatic heterocycles. The Morgan fingerprint density at radius 2 is 1.45 bits per heavy atom. The van der Waals surface area contributed by atoms with Crippen LogP contribution in [0.1, 0.15) is 48.0 Å². The van der Waals surface area contributed by atoms with Crippen LogP contribution in [0.5, 0.6) is 0 Å². The lowest BCUT2D eigenvalue weighted by Gasteiger charge is -2.12. The first-order chi connectivity index (χ1) is 4.95. The second-order valence-electron chi connectivity index (χ2n) is 4.22. The summed E-state index contributed by atoms with van der Waals surface area (Å²) in [6.45, 7) is 13.6. The molecule has 0 aliphatic heterocycles. The third kappa shape index (κ3) is 4.23. The molecule has 0 radical (unpaired) electrons. The maximum Gasteiger partial charge on any atom is -0.0260 e. The summed E-state index contributed by atoms with van der Waals surface area (Å²) in [5.41, 5.74) is 3.15. The van der Waals surface area contributed by atoms with Crippen LogP contribution >= 0.6 is 0 Å². The van der Waals surface area contributed by atoms with Crippen LogP contribution in [0.25, 0.3) is 0 Å². The molecule has 0 aliphatic carbocycles. The number of hydrogen-bond acceptors (Lipinski definition) is 0. The van der Waals surface area contributed by atoms with Crippen molar-refractivity contribution >= 4 is 0 Å². The van der Waals surface area contributed by atoms with Gasteiger partial charge in [0.1, 0.15) is 0 Å². The van der Waals surface area contributed by atoms with Crippen molar-refractivity contribution in [1.29, 1.82) is 0 Å². The summed E-state index contributed by atoms with van der Waals surface area (Å²) in [6.07, 6.45) is 1.25. The average Bonchev–Trinajstić information content (AvgIpc) is 1.84. The first kappa shape index (κ1) is 10.7. The van der Waals surface area contributed by atoms with Crippen LogP contribution in [-0.4, -0.2) is 0 Å². The van der Waals surface area contributed by atoms with Crippen LogP contribution < -0.4 is 0 Å². The summed E-state index contributed by atoms with van der Waals surface area (Å²) in [5.74, 6) is 1.51. The second-order valence-corrected chi connectivity index (χ2v) is 4.22. The van der Waals surface area contributed by atoms with E-state index in [0.717, 1.165) is 5.92 Å². The molecule has 11 heavy (non-hydrogen) atoms. The quantitative estimate of drug-likeness (QED) is 0.538. The van der Waals surface area contributed by atoms with Crippen LogP contribution in [0.3, 0.4) is 0 Å². The van der Waals surface area contributed by atoms with Gasteiger partial charge in [0.2, 0.25) is 0 Å². The van der Waals surface area contributed by atoms with Gasteiger partial charge in [-0.05, 0) is 32.1 Å². The van der Waals surface area contributed by atoms with Gasteiger partial charge in [-0.2, -0.15) is 0 Å². The summed E-state index contributed by atoms with van der Waals surface area (Å²) in [4.78, 5) is 0. The van der Waals surface area contributed by atoms with Crippen LogP contribution in [0.2, 0.25) is 0 Å². The minimum Gasteiger partial charge on any atom is -0.0739 e. The van der Waals surface area contributed by atoms with Crippen molar-refractivity contribution in [1.82, 2.24) is 0 Å². The van der Waals surface area contributed by atoms with E-state index < -0.39 is 0 Å². The van der Waals surface area contributed by atoms with E-state index in [0.29, 0.717) is 5.92 Å². The molecule has 0 aliphatic rings. The maximum absolute atomic E-state index is 2.27. The van der Waals surface area contributed by atoms with Crippen molar-refractivity contribution in [2.75, 3.05) is 0 Å². The van der Waals surface area contributed by atoms with Gasteiger partial charge in [-0.15, -0.1) is 0 Å². The van der Waals surface area contributed by atoms with E-state index in [-0.39, 0.29) is 0 Å². The molecule has 0 heterocycles. The molecule has 0 fully saturated rings. The highest BCUT2D eigenvalue weighted by atomic mass is 14.1. The lowest BCUT2D eigenvalue weighted by atomic mass is 9.94. The third-order valence-corrected chi connectivity index (χ3v) is 2.25. The molecule has 0 N–H and O–H groups in total. The number of hydrogen-bond donors (Lipinski definition) is 0. The van der Waals surface area contributed by atoms with Crippen LogP contribution in [0, 0.1) is 11.8 Å². The molecule has 0 atom stereocenters. The monoisotopic (exact) mass is 154 g/mol. The molecule has 0 unspecified atom stereocenters. The molecular formula is C11H22. The summed E-state index contributed by atoms with van der Waals surface area (Å²) >= 11 is 0. The first-order valence-electron chi connectivity index (χ1n) is 4.61. The van der Waals surface area contributed by atoms with Crippen LogP contribution in [0.15, 0.2) is 11.1 Å². The largest absolute Gasteiger partial charge is 0.0739 e. The fourth-order valence-corrected chi connectivity index (χ4v) is 1.27. The Kier molecular flexibility index (Phi) is 4.48. The fraction of sp³-hybridized carbons (Fsp3) is 0.818. The van der Waals surface area contributed by atoms with Gasteiger partial charge < -0.3 is 0 Å². The van der Waals surface area contributed by atoms with Gasteiger partial charge in [-0.25, -0.2) is 0 Å². The highest BCUT2D eigenvalue weighted by Gasteiger charge is 2.03. The van der Waals surface area contributed by atoms with Crippen molar-refractivity contribution < 1.29 is 0 Å². The third-order valence-electron chi connectivity index (χ3n) is 2.25. The molecule has 0 saturated heterocycles. The van der Waals surface area contributed by atoms with Crippen molar-refractivity contribution in [2.24, 2.45) is 11.8 Å². The molecule has 0 rings (SSSR count). The summed E-state index contributed by atoms with van der Waals surface area (Å²) in [7, 11) is 0. The Morgan fingerprint density at radius 1 is 1.00 bits per heavy atom. The normalized spacial score (nSPS) is 14.2. The van der Waals surface area contributed by atoms with Gasteiger partial charge >= 0.3 is 0 Å². The van der Waals surface area contributed by atoms with Crippen LogP contribution in [0.4, 0.5) is 0 Å². The molecular weight excluding hydrogens is 132 g/mol. The zero-order valence-electron chi connectivity index (χ0n) is 8.86. The van der Waals surface area contributed by atoms with E-state index in [1.54, 1.807) is 11.1 Å². The second kappa shape index (κ2) is 4.58. The first-order valence-corrected chi connectivity index (χ1v) is 4.61. The predicted molar refractivity (Wildman–Crippen MR) is 52.7 cm³/mol. The zero-order chi connectivity index (χ0) is 9.02. The molecule has 0 aromatic rings. The number of allylic oxidation sites excluding steroid dienone is 2. The van der Waals surface area contributed by atoms with E-state index in [1.165, 1.54) is 6.42 Å². The van der Waals surface area contributed by atoms with Gasteiger partial charge in [0, 0.05) is 0 Å². The highest BCUT2D eigenvalue weighted by Crippen LogP contribution is 2.19. The zero-order valence-corrected chi connectivity index (χ0v) is 8.86. The average molecular weight is 154 g/mol. The Hall–Kier alpha value is -0.260. The summed E-state index contributed by atoms with van der Waals surface area (Å²) in [5, 5.41) is 0. The molecule has 0 aromatic carbocycles. The molecule has 0 spiro atoms. The molecule has 66 valence electrons. The van der Waals surface area contributed by atoms with E-state index in [4.69, 9.17) is 0 Å². The Morgan fingerprint density at radius 3 is 1.73 bits per heavy atom. The van der Waals surface area contributed by atoms with Crippen LogP contribution in [-0.2, 0) is 0 Å². The predicted octanol–water partition coefficient (Wildman–Crippen LogP) is 4.02. The lowest BCUT2D eigenvalue weighted by Crippen LogP contribution is -1.96. The molecule has 0 nitrogen and oxygen atoms in total. The molecule has 0 bridgehead atoms. The minimum absolute atomic E-state index is 0.716. The highest BCUT2D eigenvalue weighted by molar-refractivity contribution is 5.11. The standard InChI is InChI=1S/C11H22/c1-8(2)7-10(5)11(6)9(3)4/h8-9H,7H2,1-6H3. The summed E-state index contributed by atoms with van der Waals surface area (Å²) in [6, 6.07) is 0. The molecule has 0 heteroatoms.